The van der Waals surface area contributed by atoms with E-state index in [-0.39, 0.29) is 5.56 Å². The number of nitrogens with zero attached hydrogens (tertiary/aromatic N) is 1. The lowest BCUT2D eigenvalue weighted by Crippen LogP contribution is -2.41. The Labute approximate surface area is 161 Å². The number of amides is 2. The number of hydrogen-bond donors (Lipinski definition) is 2. The second-order valence-electron chi connectivity index (χ2n) is 5.33. The average molecular weight is 434 g/mol. The first kappa shape index (κ1) is 18.2. The smallest absolute Gasteiger partial charge is 0.267 e. The summed E-state index contributed by atoms with van der Waals surface area (Å²) in [5, 5.41) is 0.723. The summed E-state index contributed by atoms with van der Waals surface area (Å²) in [6.45, 7) is 1.73. The third-order valence-corrected chi connectivity index (χ3v) is 5.35. The van der Waals surface area contributed by atoms with Gasteiger partial charge in [-0.15, -0.1) is 11.3 Å². The van der Waals surface area contributed by atoms with E-state index in [1.54, 1.807) is 6.92 Å². The Hall–Kier alpha value is -2.58. The van der Waals surface area contributed by atoms with E-state index in [0.29, 0.717) is 15.0 Å². The van der Waals surface area contributed by atoms with Gasteiger partial charge in [-0.25, -0.2) is 9.37 Å². The monoisotopic (exact) mass is 433 g/mol. The van der Waals surface area contributed by atoms with Gasteiger partial charge in [-0.3, -0.25) is 20.4 Å². The van der Waals surface area contributed by atoms with Crippen LogP contribution in [0.3, 0.4) is 0 Å². The summed E-state index contributed by atoms with van der Waals surface area (Å²) >= 11 is 4.36. The normalized spacial score (nSPS) is 10.4. The lowest BCUT2D eigenvalue weighted by atomic mass is 10.2. The third-order valence-electron chi connectivity index (χ3n) is 3.49. The van der Waals surface area contributed by atoms with Crippen LogP contribution in [0.4, 0.5) is 4.39 Å². The minimum atomic E-state index is -0.560. The van der Waals surface area contributed by atoms with Gasteiger partial charge in [-0.05, 0) is 41.1 Å². The number of hydrazine groups is 1. The predicted octanol–water partition coefficient (Wildman–Crippen LogP) is 4.09. The highest BCUT2D eigenvalue weighted by Gasteiger charge is 2.18. The number of hydrogen-bond acceptors (Lipinski definition) is 4. The Morgan fingerprint density at radius 2 is 1.77 bits per heavy atom. The molecule has 132 valence electrons. The molecule has 2 amide bonds. The zero-order valence-corrected chi connectivity index (χ0v) is 15.9. The first-order valence-electron chi connectivity index (χ1n) is 7.54. The molecule has 0 aliphatic heterocycles. The Bertz CT molecular complexity index is 976. The number of carbonyl (C=O) groups excluding carboxylic acids is 2. The van der Waals surface area contributed by atoms with E-state index < -0.39 is 17.6 Å². The highest BCUT2D eigenvalue weighted by molar-refractivity contribution is 9.10. The maximum absolute atomic E-state index is 13.1. The summed E-state index contributed by atoms with van der Waals surface area (Å²) in [7, 11) is 0. The van der Waals surface area contributed by atoms with Crippen molar-refractivity contribution in [2.45, 2.75) is 6.92 Å². The molecule has 0 aliphatic rings. The van der Waals surface area contributed by atoms with Gasteiger partial charge in [0, 0.05) is 10.0 Å². The Morgan fingerprint density at radius 3 is 2.46 bits per heavy atom. The average Bonchev–Trinajstić information content (AvgIpc) is 3.02. The van der Waals surface area contributed by atoms with Crippen molar-refractivity contribution in [3.63, 3.8) is 0 Å². The summed E-state index contributed by atoms with van der Waals surface area (Å²) < 4.78 is 13.4. The van der Waals surface area contributed by atoms with Crippen LogP contribution < -0.4 is 10.9 Å². The molecule has 8 heteroatoms. The van der Waals surface area contributed by atoms with Crippen LogP contribution in [0.1, 0.15) is 25.7 Å². The van der Waals surface area contributed by atoms with Crippen LogP contribution >= 0.6 is 27.3 Å². The molecule has 1 aromatic heterocycles. The van der Waals surface area contributed by atoms with Gasteiger partial charge in [0.2, 0.25) is 0 Å². The number of carbonyl (C=O) groups is 2. The topological polar surface area (TPSA) is 71.1 Å². The van der Waals surface area contributed by atoms with Gasteiger partial charge in [-0.2, -0.15) is 0 Å². The predicted molar refractivity (Wildman–Crippen MR) is 101 cm³/mol. The summed E-state index contributed by atoms with van der Waals surface area (Å²) in [5.41, 5.74) is 6.38. The van der Waals surface area contributed by atoms with Gasteiger partial charge in [0.15, 0.2) is 0 Å². The molecule has 0 fully saturated rings. The van der Waals surface area contributed by atoms with Crippen LogP contribution in [0.2, 0.25) is 0 Å². The molecule has 1 heterocycles. The highest BCUT2D eigenvalue weighted by Crippen LogP contribution is 2.27. The van der Waals surface area contributed by atoms with E-state index in [2.05, 4.69) is 31.8 Å². The van der Waals surface area contributed by atoms with Crippen LogP contribution in [0.15, 0.2) is 53.0 Å². The summed E-state index contributed by atoms with van der Waals surface area (Å²) in [4.78, 5) is 29.3. The van der Waals surface area contributed by atoms with Crippen molar-refractivity contribution < 1.29 is 14.0 Å². The van der Waals surface area contributed by atoms with E-state index in [4.69, 9.17) is 0 Å². The van der Waals surface area contributed by atoms with Crippen LogP contribution in [0.25, 0.3) is 10.6 Å². The molecule has 0 spiro atoms. The molecule has 2 aromatic carbocycles. The molecule has 3 rings (SSSR count). The van der Waals surface area contributed by atoms with Crippen molar-refractivity contribution in [2.75, 3.05) is 0 Å². The molecular formula is C18H13BrFN3O2S. The highest BCUT2D eigenvalue weighted by atomic mass is 79.9. The minimum Gasteiger partial charge on any atom is -0.267 e. The fourth-order valence-electron chi connectivity index (χ4n) is 2.22. The molecule has 26 heavy (non-hydrogen) atoms. The first-order valence-corrected chi connectivity index (χ1v) is 9.15. The Kier molecular flexibility index (Phi) is 5.43. The van der Waals surface area contributed by atoms with Crippen molar-refractivity contribution in [3.8, 4) is 10.6 Å². The number of rotatable bonds is 3. The molecule has 0 saturated heterocycles. The molecule has 0 unspecified atom stereocenters. The zero-order valence-electron chi connectivity index (χ0n) is 13.5. The first-order chi connectivity index (χ1) is 12.5. The summed E-state index contributed by atoms with van der Waals surface area (Å²) in [5.74, 6) is -1.49. The van der Waals surface area contributed by atoms with Crippen LogP contribution in [-0.2, 0) is 0 Å². The quantitative estimate of drug-likeness (QED) is 0.610. The van der Waals surface area contributed by atoms with Gasteiger partial charge >= 0.3 is 0 Å². The van der Waals surface area contributed by atoms with E-state index in [1.807, 2.05) is 30.3 Å². The van der Waals surface area contributed by atoms with Gasteiger partial charge < -0.3 is 0 Å². The number of aryl methyl sites for hydroxylation is 1. The molecule has 2 N–H and O–H groups in total. The van der Waals surface area contributed by atoms with Gasteiger partial charge in [0.25, 0.3) is 11.8 Å². The van der Waals surface area contributed by atoms with E-state index in [1.165, 1.54) is 29.5 Å². The molecule has 0 aliphatic carbocycles. The fourth-order valence-corrected chi connectivity index (χ4v) is 3.72. The zero-order chi connectivity index (χ0) is 18.7. The van der Waals surface area contributed by atoms with Crippen LogP contribution in [0.5, 0.6) is 0 Å². The van der Waals surface area contributed by atoms with Gasteiger partial charge in [-0.1, -0.05) is 30.3 Å². The standard InChI is InChI=1S/C18H13BrFN3O2S/c1-10-15(26-18(21-10)11-5-3-2-4-6-11)17(25)23-22-16(24)13-8-7-12(20)9-14(13)19/h2-9H,1H3,(H,22,24)(H,23,25). The van der Waals surface area contributed by atoms with Crippen molar-refractivity contribution >= 4 is 39.1 Å². The number of thiazole rings is 1. The van der Waals surface area contributed by atoms with Crippen molar-refractivity contribution in [1.29, 1.82) is 0 Å². The third kappa shape index (κ3) is 3.97. The van der Waals surface area contributed by atoms with Gasteiger partial charge in [0.05, 0.1) is 11.3 Å². The van der Waals surface area contributed by atoms with E-state index in [9.17, 15) is 14.0 Å². The SMILES string of the molecule is Cc1nc(-c2ccccc2)sc1C(=O)NNC(=O)c1ccc(F)cc1Br. The minimum absolute atomic E-state index is 0.206. The van der Waals surface area contributed by atoms with Crippen molar-refractivity contribution in [3.05, 3.63) is 75.0 Å². The second kappa shape index (κ2) is 7.76. The number of nitrogens with one attached hydrogen (secondary N) is 2. The molecule has 3 aromatic rings. The molecule has 0 bridgehead atoms. The lowest BCUT2D eigenvalue weighted by molar-refractivity contribution is 0.0848. The molecule has 5 nitrogen and oxygen atoms in total. The van der Waals surface area contributed by atoms with Crippen molar-refractivity contribution in [1.82, 2.24) is 15.8 Å². The van der Waals surface area contributed by atoms with E-state index >= 15 is 0 Å². The lowest BCUT2D eigenvalue weighted by Gasteiger charge is -2.08. The molecule has 0 atom stereocenters. The number of aromatic nitrogens is 1. The number of halogens is 2. The van der Waals surface area contributed by atoms with Crippen molar-refractivity contribution in [2.24, 2.45) is 0 Å². The maximum atomic E-state index is 13.1. The molecule has 0 saturated carbocycles. The number of benzene rings is 2. The van der Waals surface area contributed by atoms with Crippen LogP contribution in [0, 0.1) is 12.7 Å². The molecular weight excluding hydrogens is 421 g/mol. The maximum Gasteiger partial charge on any atom is 0.281 e. The van der Waals surface area contributed by atoms with Crippen LogP contribution in [-0.4, -0.2) is 16.8 Å². The molecule has 0 radical (unpaired) electrons. The summed E-state index contributed by atoms with van der Waals surface area (Å²) in [6.07, 6.45) is 0. The largest absolute Gasteiger partial charge is 0.281 e. The van der Waals surface area contributed by atoms with E-state index in [0.717, 1.165) is 10.6 Å². The summed E-state index contributed by atoms with van der Waals surface area (Å²) in [6, 6.07) is 13.2. The second-order valence-corrected chi connectivity index (χ2v) is 7.19. The fraction of sp³-hybridized carbons (Fsp3) is 0.0556. The Balaban J connectivity index is 1.71. The Morgan fingerprint density at radius 1 is 1.08 bits per heavy atom. The van der Waals surface area contributed by atoms with Gasteiger partial charge in [0.1, 0.15) is 15.7 Å².